The summed E-state index contributed by atoms with van der Waals surface area (Å²) in [5.41, 5.74) is 2.77. The monoisotopic (exact) mass is 363 g/mol. The molecule has 1 aliphatic carbocycles. The minimum absolute atomic E-state index is 0.0413. The van der Waals surface area contributed by atoms with Crippen molar-refractivity contribution in [3.8, 4) is 5.75 Å². The van der Waals surface area contributed by atoms with Crippen LogP contribution in [0.2, 0.25) is 0 Å². The lowest BCUT2D eigenvalue weighted by molar-refractivity contribution is -0.116. The fourth-order valence-corrected chi connectivity index (χ4v) is 3.95. The highest BCUT2D eigenvalue weighted by molar-refractivity contribution is 5.91. The molecule has 0 bridgehead atoms. The first-order valence-corrected chi connectivity index (χ1v) is 9.63. The highest BCUT2D eigenvalue weighted by Gasteiger charge is 2.23. The Morgan fingerprint density at radius 1 is 1.11 bits per heavy atom. The number of para-hydroxylation sites is 2. The van der Waals surface area contributed by atoms with Gasteiger partial charge in [0, 0.05) is 11.6 Å². The predicted molar refractivity (Wildman–Crippen MR) is 107 cm³/mol. The Kier molecular flexibility index (Phi) is 5.10. The number of hydrogen-bond acceptors (Lipinski definition) is 3. The first-order valence-electron chi connectivity index (χ1n) is 9.63. The van der Waals surface area contributed by atoms with Crippen LogP contribution in [0, 0.1) is 0 Å². The zero-order valence-electron chi connectivity index (χ0n) is 15.6. The summed E-state index contributed by atoms with van der Waals surface area (Å²) in [6.45, 7) is 0.276. The van der Waals surface area contributed by atoms with Crippen LogP contribution in [-0.2, 0) is 11.3 Å². The summed E-state index contributed by atoms with van der Waals surface area (Å²) >= 11 is 0. The number of imidazole rings is 1. The Morgan fingerprint density at radius 3 is 2.59 bits per heavy atom. The molecule has 1 N–H and O–H groups in total. The lowest BCUT2D eigenvalue weighted by Gasteiger charge is -2.22. The second-order valence-electron chi connectivity index (χ2n) is 7.16. The van der Waals surface area contributed by atoms with Crippen LogP contribution >= 0.6 is 0 Å². The Balaban J connectivity index is 1.58. The SMILES string of the molecule is COc1ccc(NC(=O)Cn2c(C3CCCCC3)nc3ccccc32)cc1. The molecule has 1 amide bonds. The standard InChI is InChI=1S/C22H25N3O2/c1-27-18-13-11-17(12-14-18)23-21(26)15-25-20-10-6-5-9-19(20)24-22(25)16-7-3-2-4-8-16/h5-6,9-14,16H,2-4,7-8,15H2,1H3,(H,23,26). The van der Waals surface area contributed by atoms with Crippen LogP contribution in [0.25, 0.3) is 11.0 Å². The lowest BCUT2D eigenvalue weighted by atomic mass is 9.88. The third-order valence-corrected chi connectivity index (χ3v) is 5.33. The van der Waals surface area contributed by atoms with Gasteiger partial charge in [0.05, 0.1) is 18.1 Å². The van der Waals surface area contributed by atoms with Crippen molar-refractivity contribution >= 4 is 22.6 Å². The van der Waals surface area contributed by atoms with Crippen LogP contribution in [0.4, 0.5) is 5.69 Å². The molecule has 1 saturated carbocycles. The van der Waals surface area contributed by atoms with Gasteiger partial charge in [-0.05, 0) is 49.2 Å². The topological polar surface area (TPSA) is 56.1 Å². The zero-order valence-corrected chi connectivity index (χ0v) is 15.6. The van der Waals surface area contributed by atoms with Gasteiger partial charge in [0.25, 0.3) is 0 Å². The van der Waals surface area contributed by atoms with Gasteiger partial charge in [0.2, 0.25) is 5.91 Å². The fourth-order valence-electron chi connectivity index (χ4n) is 3.95. The molecule has 1 aliphatic rings. The summed E-state index contributed by atoms with van der Waals surface area (Å²) in [6, 6.07) is 15.5. The van der Waals surface area contributed by atoms with Crippen LogP contribution in [0.5, 0.6) is 5.75 Å². The number of amides is 1. The Labute approximate surface area is 159 Å². The van der Waals surface area contributed by atoms with Crippen molar-refractivity contribution in [2.45, 2.75) is 44.6 Å². The van der Waals surface area contributed by atoms with E-state index in [1.54, 1.807) is 7.11 Å². The maximum absolute atomic E-state index is 12.7. The number of carbonyl (C=O) groups excluding carboxylic acids is 1. The molecule has 0 atom stereocenters. The fraction of sp³-hybridized carbons (Fsp3) is 0.364. The van der Waals surface area contributed by atoms with E-state index in [-0.39, 0.29) is 12.5 Å². The van der Waals surface area contributed by atoms with Gasteiger partial charge >= 0.3 is 0 Å². The van der Waals surface area contributed by atoms with E-state index in [0.29, 0.717) is 5.92 Å². The van der Waals surface area contributed by atoms with Crippen LogP contribution < -0.4 is 10.1 Å². The second-order valence-corrected chi connectivity index (χ2v) is 7.16. The van der Waals surface area contributed by atoms with Crippen molar-refractivity contribution in [1.82, 2.24) is 9.55 Å². The van der Waals surface area contributed by atoms with Crippen molar-refractivity contribution in [3.63, 3.8) is 0 Å². The highest BCUT2D eigenvalue weighted by Crippen LogP contribution is 2.34. The maximum Gasteiger partial charge on any atom is 0.244 e. The van der Waals surface area contributed by atoms with Gasteiger partial charge in [0.1, 0.15) is 18.1 Å². The molecule has 0 radical (unpaired) electrons. The number of rotatable bonds is 5. The molecule has 0 spiro atoms. The molecule has 1 heterocycles. The normalized spacial score (nSPS) is 15.0. The summed E-state index contributed by atoms with van der Waals surface area (Å²) in [6.07, 6.45) is 6.10. The summed E-state index contributed by atoms with van der Waals surface area (Å²) in [4.78, 5) is 17.6. The first-order chi connectivity index (χ1) is 13.2. The molecule has 0 saturated heterocycles. The molecule has 140 valence electrons. The molecule has 1 aromatic heterocycles. The number of anilines is 1. The van der Waals surface area contributed by atoms with Crippen molar-refractivity contribution in [3.05, 3.63) is 54.4 Å². The molecule has 1 fully saturated rings. The van der Waals surface area contributed by atoms with E-state index in [0.717, 1.165) is 41.1 Å². The molecule has 5 heteroatoms. The first kappa shape index (κ1) is 17.6. The Morgan fingerprint density at radius 2 is 1.85 bits per heavy atom. The van der Waals surface area contributed by atoms with Gasteiger partial charge in [-0.2, -0.15) is 0 Å². The molecular formula is C22H25N3O2. The van der Waals surface area contributed by atoms with Crippen molar-refractivity contribution in [2.24, 2.45) is 0 Å². The van der Waals surface area contributed by atoms with E-state index in [2.05, 4.69) is 16.0 Å². The molecule has 2 aromatic carbocycles. The average molecular weight is 363 g/mol. The molecule has 0 unspecified atom stereocenters. The van der Waals surface area contributed by atoms with Gasteiger partial charge < -0.3 is 14.6 Å². The van der Waals surface area contributed by atoms with E-state index in [1.165, 1.54) is 19.3 Å². The van der Waals surface area contributed by atoms with Gasteiger partial charge in [-0.15, -0.1) is 0 Å². The number of nitrogens with one attached hydrogen (secondary N) is 1. The summed E-state index contributed by atoms with van der Waals surface area (Å²) < 4.78 is 7.27. The number of benzene rings is 2. The molecular weight excluding hydrogens is 338 g/mol. The van der Waals surface area contributed by atoms with Crippen molar-refractivity contribution < 1.29 is 9.53 Å². The van der Waals surface area contributed by atoms with Crippen LogP contribution in [-0.4, -0.2) is 22.6 Å². The van der Waals surface area contributed by atoms with Crippen LogP contribution in [0.3, 0.4) is 0 Å². The summed E-state index contributed by atoms with van der Waals surface area (Å²) in [5.74, 6) is 2.23. The third kappa shape index (κ3) is 3.82. The maximum atomic E-state index is 12.7. The highest BCUT2D eigenvalue weighted by atomic mass is 16.5. The van der Waals surface area contributed by atoms with Gasteiger partial charge in [-0.3, -0.25) is 4.79 Å². The zero-order chi connectivity index (χ0) is 18.6. The molecule has 4 rings (SSSR count). The van der Waals surface area contributed by atoms with E-state index < -0.39 is 0 Å². The van der Waals surface area contributed by atoms with Crippen molar-refractivity contribution in [1.29, 1.82) is 0 Å². The van der Waals surface area contributed by atoms with Gasteiger partial charge in [-0.1, -0.05) is 31.4 Å². The Bertz CT molecular complexity index is 924. The Hall–Kier alpha value is -2.82. The molecule has 3 aromatic rings. The summed E-state index contributed by atoms with van der Waals surface area (Å²) in [7, 11) is 1.63. The average Bonchev–Trinajstić information content (AvgIpc) is 3.08. The molecule has 27 heavy (non-hydrogen) atoms. The minimum Gasteiger partial charge on any atom is -0.497 e. The number of fused-ring (bicyclic) bond motifs is 1. The van der Waals surface area contributed by atoms with E-state index in [4.69, 9.17) is 9.72 Å². The van der Waals surface area contributed by atoms with Crippen LogP contribution in [0.1, 0.15) is 43.8 Å². The van der Waals surface area contributed by atoms with E-state index in [1.807, 2.05) is 42.5 Å². The van der Waals surface area contributed by atoms with E-state index >= 15 is 0 Å². The lowest BCUT2D eigenvalue weighted by Crippen LogP contribution is -2.21. The largest absolute Gasteiger partial charge is 0.497 e. The van der Waals surface area contributed by atoms with E-state index in [9.17, 15) is 4.79 Å². The van der Waals surface area contributed by atoms with Gasteiger partial charge in [-0.25, -0.2) is 4.98 Å². The predicted octanol–water partition coefficient (Wildman–Crippen LogP) is 4.73. The summed E-state index contributed by atoms with van der Waals surface area (Å²) in [5, 5.41) is 2.98. The second kappa shape index (κ2) is 7.82. The minimum atomic E-state index is -0.0413. The quantitative estimate of drug-likeness (QED) is 0.713. The number of hydrogen-bond donors (Lipinski definition) is 1. The number of nitrogens with zero attached hydrogens (tertiary/aromatic N) is 2. The molecule has 5 nitrogen and oxygen atoms in total. The number of ether oxygens (including phenoxy) is 1. The smallest absolute Gasteiger partial charge is 0.244 e. The number of carbonyl (C=O) groups is 1. The number of methoxy groups -OCH3 is 1. The number of aromatic nitrogens is 2. The van der Waals surface area contributed by atoms with Gasteiger partial charge in [0.15, 0.2) is 0 Å². The third-order valence-electron chi connectivity index (χ3n) is 5.33. The van der Waals surface area contributed by atoms with Crippen LogP contribution in [0.15, 0.2) is 48.5 Å². The molecule has 0 aliphatic heterocycles. The van der Waals surface area contributed by atoms with Crippen molar-refractivity contribution in [2.75, 3.05) is 12.4 Å².